The number of fused-ring (bicyclic) bond motifs is 1. The number of esters is 1. The van der Waals surface area contributed by atoms with Crippen molar-refractivity contribution in [3.63, 3.8) is 0 Å². The molecule has 33 heavy (non-hydrogen) atoms. The first-order valence-electron chi connectivity index (χ1n) is 11.0. The van der Waals surface area contributed by atoms with Gasteiger partial charge in [-0.1, -0.05) is 60.7 Å². The largest absolute Gasteiger partial charge is 0.460 e. The van der Waals surface area contributed by atoms with Crippen LogP contribution in [-0.4, -0.2) is 43.0 Å². The van der Waals surface area contributed by atoms with E-state index in [2.05, 4.69) is 0 Å². The molecule has 174 valence electrons. The fourth-order valence-electron chi connectivity index (χ4n) is 4.12. The Labute approximate surface area is 195 Å². The predicted octanol–water partition coefficient (Wildman–Crippen LogP) is 4.53. The first-order valence-corrected chi connectivity index (χ1v) is 12.5. The average molecular weight is 468 g/mol. The highest BCUT2D eigenvalue weighted by atomic mass is 32.2. The summed E-state index contributed by atoms with van der Waals surface area (Å²) in [7, 11) is -3.94. The van der Waals surface area contributed by atoms with Crippen LogP contribution in [0.1, 0.15) is 32.8 Å². The number of hydrogen-bond donors (Lipinski definition) is 0. The van der Waals surface area contributed by atoms with Crippen molar-refractivity contribution in [1.82, 2.24) is 4.31 Å². The minimum absolute atomic E-state index is 0.0881. The van der Waals surface area contributed by atoms with Gasteiger partial charge in [0.25, 0.3) is 0 Å². The van der Waals surface area contributed by atoms with Crippen LogP contribution in [0.15, 0.2) is 77.7 Å². The summed E-state index contributed by atoms with van der Waals surface area (Å²) in [6, 6.07) is 21.0. The Hall–Kier alpha value is -2.74. The van der Waals surface area contributed by atoms with E-state index in [0.717, 1.165) is 16.3 Å². The molecule has 3 aromatic carbocycles. The molecule has 1 aliphatic rings. The number of sulfonamides is 1. The molecule has 3 aromatic rings. The molecule has 1 aliphatic heterocycles. The van der Waals surface area contributed by atoms with Crippen LogP contribution in [0.3, 0.4) is 0 Å². The number of hydrogen-bond acceptors (Lipinski definition) is 5. The van der Waals surface area contributed by atoms with Crippen LogP contribution in [0.4, 0.5) is 0 Å². The Morgan fingerprint density at radius 2 is 1.64 bits per heavy atom. The quantitative estimate of drug-likeness (QED) is 0.498. The van der Waals surface area contributed by atoms with Crippen molar-refractivity contribution in [2.45, 2.75) is 56.4 Å². The molecule has 0 aromatic heterocycles. The summed E-state index contributed by atoms with van der Waals surface area (Å²) in [5.74, 6) is -0.566. The third-order valence-electron chi connectivity index (χ3n) is 5.56. The lowest BCUT2D eigenvalue weighted by molar-refractivity contribution is -0.149. The Morgan fingerprint density at radius 1 is 0.970 bits per heavy atom. The van der Waals surface area contributed by atoms with Crippen molar-refractivity contribution in [3.8, 4) is 0 Å². The molecule has 1 saturated heterocycles. The molecule has 2 unspecified atom stereocenters. The van der Waals surface area contributed by atoms with Gasteiger partial charge in [-0.15, -0.1) is 0 Å². The average Bonchev–Trinajstić information content (AvgIpc) is 3.21. The lowest BCUT2D eigenvalue weighted by atomic mass is 10.1. The van der Waals surface area contributed by atoms with Gasteiger partial charge in [-0.3, -0.25) is 4.79 Å². The normalized spacial score (nSPS) is 19.6. The highest BCUT2D eigenvalue weighted by Gasteiger charge is 2.46. The van der Waals surface area contributed by atoms with Gasteiger partial charge in [-0.05, 0) is 49.2 Å². The molecule has 0 saturated carbocycles. The number of carbonyl (C=O) groups excluding carboxylic acids is 1. The van der Waals surface area contributed by atoms with Gasteiger partial charge >= 0.3 is 5.97 Å². The van der Waals surface area contributed by atoms with Gasteiger partial charge in [-0.25, -0.2) is 8.42 Å². The van der Waals surface area contributed by atoms with Gasteiger partial charge < -0.3 is 9.47 Å². The molecule has 0 spiro atoms. The van der Waals surface area contributed by atoms with E-state index < -0.39 is 33.7 Å². The van der Waals surface area contributed by atoms with Gasteiger partial charge in [0.1, 0.15) is 12.6 Å². The molecule has 2 atom stereocenters. The summed E-state index contributed by atoms with van der Waals surface area (Å²) in [5.41, 5.74) is 0.376. The van der Waals surface area contributed by atoms with E-state index in [-0.39, 0.29) is 24.5 Å². The molecular weight excluding hydrogens is 438 g/mol. The van der Waals surface area contributed by atoms with Gasteiger partial charge in [0.05, 0.1) is 16.6 Å². The van der Waals surface area contributed by atoms with Gasteiger partial charge in [0, 0.05) is 13.0 Å². The highest BCUT2D eigenvalue weighted by molar-refractivity contribution is 7.89. The smallest absolute Gasteiger partial charge is 0.324 e. The Bertz CT molecular complexity index is 1230. The zero-order valence-electron chi connectivity index (χ0n) is 19.1. The van der Waals surface area contributed by atoms with Gasteiger partial charge in [0.15, 0.2) is 0 Å². The second-order valence-corrected chi connectivity index (χ2v) is 11.2. The van der Waals surface area contributed by atoms with Crippen LogP contribution in [0.5, 0.6) is 0 Å². The first kappa shape index (κ1) is 23.4. The Morgan fingerprint density at radius 3 is 2.33 bits per heavy atom. The molecule has 6 nitrogen and oxygen atoms in total. The molecule has 0 amide bonds. The maximum absolute atomic E-state index is 13.6. The maximum Gasteiger partial charge on any atom is 0.324 e. The standard InChI is InChI=1S/C26H29NO5S/c1-26(2,3)32-22-16-24(25(28)31-18-19-9-5-4-6-10-19)27(17-22)33(29,30)23-14-13-20-11-7-8-12-21(20)15-23/h4-15,22,24H,16-18H2,1-3H3. The van der Waals surface area contributed by atoms with Gasteiger partial charge in [0.2, 0.25) is 10.0 Å². The molecule has 1 fully saturated rings. The van der Waals surface area contributed by atoms with E-state index in [9.17, 15) is 13.2 Å². The second kappa shape index (κ2) is 9.25. The SMILES string of the molecule is CC(C)(C)OC1CC(C(=O)OCc2ccccc2)N(S(=O)(=O)c2ccc3ccccc3c2)C1. The number of nitrogens with zero attached hydrogens (tertiary/aromatic N) is 1. The summed E-state index contributed by atoms with van der Waals surface area (Å²) in [4.78, 5) is 13.2. The van der Waals surface area contributed by atoms with Crippen LogP contribution < -0.4 is 0 Å². The van der Waals surface area contributed by atoms with Crippen LogP contribution in [-0.2, 0) is 30.9 Å². The van der Waals surface area contributed by atoms with E-state index in [0.29, 0.717) is 0 Å². The van der Waals surface area contributed by atoms with Gasteiger partial charge in [-0.2, -0.15) is 4.31 Å². The maximum atomic E-state index is 13.6. The fourth-order valence-corrected chi connectivity index (χ4v) is 5.78. The Balaban J connectivity index is 1.61. The van der Waals surface area contributed by atoms with Crippen molar-refractivity contribution >= 4 is 26.8 Å². The summed E-state index contributed by atoms with van der Waals surface area (Å²) in [6.45, 7) is 5.92. The summed E-state index contributed by atoms with van der Waals surface area (Å²) in [5, 5.41) is 1.77. The molecule has 4 rings (SSSR count). The lowest BCUT2D eigenvalue weighted by Gasteiger charge is -2.25. The van der Waals surface area contributed by atoms with E-state index in [4.69, 9.17) is 9.47 Å². The van der Waals surface area contributed by atoms with E-state index in [1.165, 1.54) is 4.31 Å². The van der Waals surface area contributed by atoms with E-state index in [1.54, 1.807) is 18.2 Å². The third-order valence-corrected chi connectivity index (χ3v) is 7.43. The van der Waals surface area contributed by atoms with Crippen LogP contribution >= 0.6 is 0 Å². The molecule has 0 aliphatic carbocycles. The van der Waals surface area contributed by atoms with Crippen molar-refractivity contribution < 1.29 is 22.7 Å². The van der Waals surface area contributed by atoms with Crippen molar-refractivity contribution in [1.29, 1.82) is 0 Å². The molecule has 1 heterocycles. The lowest BCUT2D eigenvalue weighted by Crippen LogP contribution is -2.41. The summed E-state index contributed by atoms with van der Waals surface area (Å²) >= 11 is 0. The topological polar surface area (TPSA) is 72.9 Å². The number of carbonyl (C=O) groups is 1. The zero-order valence-corrected chi connectivity index (χ0v) is 19.9. The third kappa shape index (κ3) is 5.43. The van der Waals surface area contributed by atoms with Crippen molar-refractivity contribution in [2.24, 2.45) is 0 Å². The molecule has 0 radical (unpaired) electrons. The number of ether oxygens (including phenoxy) is 2. The molecule has 0 N–H and O–H groups in total. The van der Waals surface area contributed by atoms with Crippen molar-refractivity contribution in [2.75, 3.05) is 6.54 Å². The van der Waals surface area contributed by atoms with Crippen LogP contribution in [0, 0.1) is 0 Å². The molecular formula is C26H29NO5S. The molecule has 7 heteroatoms. The minimum Gasteiger partial charge on any atom is -0.460 e. The Kier molecular flexibility index (Phi) is 6.56. The summed E-state index contributed by atoms with van der Waals surface area (Å²) in [6.07, 6.45) is -0.160. The van der Waals surface area contributed by atoms with Crippen LogP contribution in [0.2, 0.25) is 0 Å². The van der Waals surface area contributed by atoms with Crippen molar-refractivity contribution in [3.05, 3.63) is 78.4 Å². The van der Waals surface area contributed by atoms with E-state index >= 15 is 0 Å². The minimum atomic E-state index is -3.94. The highest BCUT2D eigenvalue weighted by Crippen LogP contribution is 2.32. The molecule has 0 bridgehead atoms. The summed E-state index contributed by atoms with van der Waals surface area (Å²) < 4.78 is 40.1. The van der Waals surface area contributed by atoms with Crippen LogP contribution in [0.25, 0.3) is 10.8 Å². The number of rotatable bonds is 6. The second-order valence-electron chi connectivity index (χ2n) is 9.28. The fraction of sp³-hybridized carbons (Fsp3) is 0.346. The predicted molar refractivity (Wildman–Crippen MR) is 127 cm³/mol. The zero-order chi connectivity index (χ0) is 23.6. The first-order chi connectivity index (χ1) is 15.6. The van der Waals surface area contributed by atoms with E-state index in [1.807, 2.05) is 75.4 Å². The number of benzene rings is 3. The monoisotopic (exact) mass is 467 g/mol.